The molecule has 0 unspecified atom stereocenters. The quantitative estimate of drug-likeness (QED) is 0.814. The lowest BCUT2D eigenvalue weighted by Gasteiger charge is -2.17. The highest BCUT2D eigenvalue weighted by molar-refractivity contribution is 6.34. The molecule has 0 radical (unpaired) electrons. The molecule has 6 heteroatoms. The van der Waals surface area contributed by atoms with E-state index in [0.29, 0.717) is 0 Å². The molecule has 0 aliphatic carbocycles. The van der Waals surface area contributed by atoms with E-state index in [-0.39, 0.29) is 22.2 Å². The molecule has 0 spiro atoms. The molecule has 0 fully saturated rings. The first-order valence-corrected chi connectivity index (χ1v) is 6.38. The van der Waals surface area contributed by atoms with Crippen LogP contribution in [0.25, 0.3) is 0 Å². The Balaban J connectivity index is 2.53. The average molecular weight is 299 g/mol. The number of imidazole rings is 1. The van der Waals surface area contributed by atoms with Crippen LogP contribution >= 0.6 is 23.2 Å². The van der Waals surface area contributed by atoms with Crippen LogP contribution in [0.4, 0.5) is 0 Å². The van der Waals surface area contributed by atoms with Crippen LogP contribution < -0.4 is 0 Å². The summed E-state index contributed by atoms with van der Waals surface area (Å²) in [5.41, 5.74) is 1.15. The van der Waals surface area contributed by atoms with Crippen LogP contribution in [0, 0.1) is 0 Å². The van der Waals surface area contributed by atoms with Gasteiger partial charge in [0.1, 0.15) is 0 Å². The van der Waals surface area contributed by atoms with E-state index in [1.807, 2.05) is 37.3 Å². The Kier molecular flexibility index (Phi) is 4.12. The van der Waals surface area contributed by atoms with Gasteiger partial charge in [0.2, 0.25) is 5.28 Å². The zero-order chi connectivity index (χ0) is 14.0. The van der Waals surface area contributed by atoms with E-state index < -0.39 is 5.97 Å². The van der Waals surface area contributed by atoms with Gasteiger partial charge in [0.25, 0.3) is 0 Å². The zero-order valence-electron chi connectivity index (χ0n) is 10.4. The normalized spacial score (nSPS) is 12.2. The molecular formula is C13H12Cl2N2O2. The first-order chi connectivity index (χ1) is 9.06. The first-order valence-electron chi connectivity index (χ1n) is 5.62. The van der Waals surface area contributed by atoms with E-state index in [4.69, 9.17) is 27.9 Å². The molecule has 0 amide bonds. The number of halogens is 2. The second-order valence-corrected chi connectivity index (χ2v) is 4.66. The summed E-state index contributed by atoms with van der Waals surface area (Å²) in [7, 11) is 1.29. The highest BCUT2D eigenvalue weighted by Crippen LogP contribution is 2.29. The van der Waals surface area contributed by atoms with Gasteiger partial charge < -0.3 is 9.30 Å². The zero-order valence-corrected chi connectivity index (χ0v) is 11.9. The second-order valence-electron chi connectivity index (χ2n) is 3.97. The van der Waals surface area contributed by atoms with Crippen LogP contribution in [0.1, 0.15) is 29.0 Å². The standard InChI is InChI=1S/C13H12Cl2N2O2/c1-8(9-6-4-3-5-7-9)17-10(12(18)19-2)11(14)16-13(17)15/h3-8H,1-2H3/t8-/m1/s1. The fourth-order valence-corrected chi connectivity index (χ4v) is 2.50. The molecular weight excluding hydrogens is 287 g/mol. The maximum absolute atomic E-state index is 11.8. The third-order valence-corrected chi connectivity index (χ3v) is 3.40. The van der Waals surface area contributed by atoms with E-state index in [0.717, 1.165) is 5.56 Å². The fraction of sp³-hybridized carbons (Fsp3) is 0.231. The van der Waals surface area contributed by atoms with Crippen LogP contribution in [-0.4, -0.2) is 22.6 Å². The Morgan fingerprint density at radius 2 is 1.95 bits per heavy atom. The molecule has 19 heavy (non-hydrogen) atoms. The van der Waals surface area contributed by atoms with Crippen molar-refractivity contribution in [2.75, 3.05) is 7.11 Å². The summed E-state index contributed by atoms with van der Waals surface area (Å²) < 4.78 is 6.27. The van der Waals surface area contributed by atoms with Gasteiger partial charge in [-0.15, -0.1) is 0 Å². The molecule has 2 rings (SSSR count). The van der Waals surface area contributed by atoms with Crippen LogP contribution in [0.3, 0.4) is 0 Å². The predicted molar refractivity (Wildman–Crippen MR) is 73.8 cm³/mol. The topological polar surface area (TPSA) is 44.1 Å². The van der Waals surface area contributed by atoms with Crippen molar-refractivity contribution in [3.8, 4) is 0 Å². The van der Waals surface area contributed by atoms with Crippen molar-refractivity contribution in [1.29, 1.82) is 0 Å². The lowest BCUT2D eigenvalue weighted by molar-refractivity contribution is 0.0587. The van der Waals surface area contributed by atoms with Gasteiger partial charge in [-0.3, -0.25) is 0 Å². The van der Waals surface area contributed by atoms with Gasteiger partial charge >= 0.3 is 5.97 Å². The molecule has 1 aromatic carbocycles. The summed E-state index contributed by atoms with van der Waals surface area (Å²) in [6.45, 7) is 1.91. The number of aromatic nitrogens is 2. The molecule has 0 aliphatic rings. The number of esters is 1. The van der Waals surface area contributed by atoms with Crippen LogP contribution in [-0.2, 0) is 4.74 Å². The molecule has 0 N–H and O–H groups in total. The Labute approximate surface area is 120 Å². The molecule has 0 aliphatic heterocycles. The molecule has 2 aromatic rings. The van der Waals surface area contributed by atoms with Gasteiger partial charge in [-0.1, -0.05) is 41.9 Å². The summed E-state index contributed by atoms with van der Waals surface area (Å²) in [5, 5.41) is 0.196. The number of carbonyl (C=O) groups excluding carboxylic acids is 1. The molecule has 0 saturated heterocycles. The smallest absolute Gasteiger partial charge is 0.358 e. The van der Waals surface area contributed by atoms with Crippen molar-refractivity contribution in [3.63, 3.8) is 0 Å². The maximum atomic E-state index is 11.8. The molecule has 1 aromatic heterocycles. The van der Waals surface area contributed by atoms with Gasteiger partial charge in [-0.25, -0.2) is 9.78 Å². The summed E-state index contributed by atoms with van der Waals surface area (Å²) >= 11 is 12.0. The average Bonchev–Trinajstić information content (AvgIpc) is 2.72. The number of carbonyl (C=O) groups is 1. The minimum atomic E-state index is -0.563. The third-order valence-electron chi connectivity index (χ3n) is 2.87. The summed E-state index contributed by atoms with van der Waals surface area (Å²) in [4.78, 5) is 15.7. The van der Waals surface area contributed by atoms with Crippen LogP contribution in [0.2, 0.25) is 10.4 Å². The molecule has 0 bridgehead atoms. The number of rotatable bonds is 3. The predicted octanol–water partition coefficient (Wildman–Crippen LogP) is 3.59. The lowest BCUT2D eigenvalue weighted by atomic mass is 10.1. The minimum Gasteiger partial charge on any atom is -0.464 e. The highest BCUT2D eigenvalue weighted by atomic mass is 35.5. The van der Waals surface area contributed by atoms with Gasteiger partial charge in [0.05, 0.1) is 13.2 Å². The second kappa shape index (κ2) is 5.63. The van der Waals surface area contributed by atoms with E-state index in [9.17, 15) is 4.79 Å². The number of ether oxygens (including phenoxy) is 1. The summed E-state index contributed by atoms with van der Waals surface area (Å²) in [5.74, 6) is -0.563. The van der Waals surface area contributed by atoms with Crippen molar-refractivity contribution in [3.05, 3.63) is 52.0 Å². The van der Waals surface area contributed by atoms with E-state index in [1.165, 1.54) is 7.11 Å². The molecule has 100 valence electrons. The van der Waals surface area contributed by atoms with Crippen LogP contribution in [0.15, 0.2) is 30.3 Å². The Morgan fingerprint density at radius 1 is 1.32 bits per heavy atom. The Morgan fingerprint density at radius 3 is 2.53 bits per heavy atom. The van der Waals surface area contributed by atoms with Crippen molar-refractivity contribution < 1.29 is 9.53 Å². The number of hydrogen-bond donors (Lipinski definition) is 0. The Bertz CT molecular complexity index is 596. The van der Waals surface area contributed by atoms with Crippen LogP contribution in [0.5, 0.6) is 0 Å². The number of methoxy groups -OCH3 is 1. The lowest BCUT2D eigenvalue weighted by Crippen LogP contribution is -2.15. The van der Waals surface area contributed by atoms with Crippen molar-refractivity contribution in [2.24, 2.45) is 0 Å². The number of nitrogens with zero attached hydrogens (tertiary/aromatic N) is 2. The maximum Gasteiger partial charge on any atom is 0.358 e. The Hall–Kier alpha value is -1.52. The fourth-order valence-electron chi connectivity index (χ4n) is 1.89. The molecule has 1 atom stereocenters. The molecule has 1 heterocycles. The monoisotopic (exact) mass is 298 g/mol. The van der Waals surface area contributed by atoms with Gasteiger partial charge in [0, 0.05) is 0 Å². The largest absolute Gasteiger partial charge is 0.464 e. The van der Waals surface area contributed by atoms with E-state index >= 15 is 0 Å². The van der Waals surface area contributed by atoms with E-state index in [1.54, 1.807) is 4.57 Å². The first kappa shape index (κ1) is 13.9. The number of benzene rings is 1. The minimum absolute atomic E-state index is 0.0413. The van der Waals surface area contributed by atoms with Crippen molar-refractivity contribution >= 4 is 29.2 Å². The third kappa shape index (κ3) is 2.60. The summed E-state index contributed by atoms with van der Waals surface area (Å²) in [6.07, 6.45) is 0. The summed E-state index contributed by atoms with van der Waals surface area (Å²) in [6, 6.07) is 9.45. The molecule has 4 nitrogen and oxygen atoms in total. The van der Waals surface area contributed by atoms with Gasteiger partial charge in [0.15, 0.2) is 10.8 Å². The number of hydrogen-bond acceptors (Lipinski definition) is 3. The highest BCUT2D eigenvalue weighted by Gasteiger charge is 2.25. The molecule has 0 saturated carbocycles. The van der Waals surface area contributed by atoms with E-state index in [2.05, 4.69) is 4.98 Å². The van der Waals surface area contributed by atoms with Gasteiger partial charge in [-0.2, -0.15) is 0 Å². The SMILES string of the molecule is COC(=O)c1c(Cl)nc(Cl)n1[C@H](C)c1ccccc1. The van der Waals surface area contributed by atoms with Gasteiger partial charge in [-0.05, 0) is 24.1 Å². The van der Waals surface area contributed by atoms with Crippen molar-refractivity contribution in [2.45, 2.75) is 13.0 Å². The van der Waals surface area contributed by atoms with Crippen molar-refractivity contribution in [1.82, 2.24) is 9.55 Å².